The average Bonchev–Trinajstić information content (AvgIpc) is 2.94. The smallest absolute Gasteiger partial charge is 0.306 e. The molecule has 1 fully saturated rings. The van der Waals surface area contributed by atoms with E-state index in [0.717, 1.165) is 37.1 Å². The number of carbonyl (C=O) groups is 2. The van der Waals surface area contributed by atoms with Crippen molar-refractivity contribution in [1.29, 1.82) is 0 Å². The number of esters is 1. The molecule has 0 radical (unpaired) electrons. The SMILES string of the molecule is CCCCCCCOC(=O)CC1Cc2cc(C(=O)c3ccc(C=NN4CCOCC4)cc3)ccc2OC1N. The zero-order valence-corrected chi connectivity index (χ0v) is 22.3. The molecule has 4 rings (SSSR count). The molecule has 38 heavy (non-hydrogen) atoms. The Balaban J connectivity index is 1.32. The molecule has 0 bridgehead atoms. The third kappa shape index (κ3) is 7.88. The van der Waals surface area contributed by atoms with E-state index in [1.165, 1.54) is 19.3 Å². The predicted molar refractivity (Wildman–Crippen MR) is 146 cm³/mol. The number of hydrazone groups is 1. The van der Waals surface area contributed by atoms with Crippen molar-refractivity contribution in [3.05, 3.63) is 64.7 Å². The molecule has 2 aromatic carbocycles. The molecule has 0 spiro atoms. The number of nitrogens with zero attached hydrogens (tertiary/aromatic N) is 2. The van der Waals surface area contributed by atoms with Crippen molar-refractivity contribution in [2.45, 2.75) is 58.1 Å². The Morgan fingerprint density at radius 3 is 2.55 bits per heavy atom. The summed E-state index contributed by atoms with van der Waals surface area (Å²) < 4.78 is 16.6. The molecule has 1 saturated heterocycles. The second-order valence-corrected chi connectivity index (χ2v) is 9.97. The summed E-state index contributed by atoms with van der Waals surface area (Å²) in [6, 6.07) is 12.8. The maximum Gasteiger partial charge on any atom is 0.306 e. The molecule has 2 aliphatic rings. The summed E-state index contributed by atoms with van der Waals surface area (Å²) in [6.07, 6.45) is 7.48. The number of nitrogens with two attached hydrogens (primary N) is 1. The highest BCUT2D eigenvalue weighted by molar-refractivity contribution is 6.09. The van der Waals surface area contributed by atoms with Crippen LogP contribution in [0.5, 0.6) is 5.75 Å². The van der Waals surface area contributed by atoms with E-state index >= 15 is 0 Å². The number of ketones is 1. The van der Waals surface area contributed by atoms with E-state index in [4.69, 9.17) is 19.9 Å². The van der Waals surface area contributed by atoms with Crippen molar-refractivity contribution < 1.29 is 23.8 Å². The van der Waals surface area contributed by atoms with E-state index in [2.05, 4.69) is 12.0 Å². The van der Waals surface area contributed by atoms with Gasteiger partial charge in [0, 0.05) is 17.0 Å². The minimum atomic E-state index is -0.590. The molecule has 0 amide bonds. The van der Waals surface area contributed by atoms with Crippen molar-refractivity contribution in [1.82, 2.24) is 5.01 Å². The minimum absolute atomic E-state index is 0.0710. The summed E-state index contributed by atoms with van der Waals surface area (Å²) in [5, 5.41) is 6.46. The van der Waals surface area contributed by atoms with E-state index in [1.807, 2.05) is 35.3 Å². The van der Waals surface area contributed by atoms with Gasteiger partial charge in [-0.3, -0.25) is 20.3 Å². The van der Waals surface area contributed by atoms with E-state index in [0.29, 0.717) is 43.1 Å². The lowest BCUT2D eigenvalue weighted by Crippen LogP contribution is -2.41. The van der Waals surface area contributed by atoms with Crippen LogP contribution in [0.4, 0.5) is 0 Å². The highest BCUT2D eigenvalue weighted by Gasteiger charge is 2.30. The quantitative estimate of drug-likeness (QED) is 0.192. The summed E-state index contributed by atoms with van der Waals surface area (Å²) in [5.74, 6) is 0.130. The molecule has 8 heteroatoms. The first-order chi connectivity index (χ1) is 18.5. The Bertz CT molecular complexity index is 1100. The highest BCUT2D eigenvalue weighted by Crippen LogP contribution is 2.32. The van der Waals surface area contributed by atoms with E-state index < -0.39 is 6.23 Å². The normalized spacial score (nSPS) is 19.2. The van der Waals surface area contributed by atoms with Gasteiger partial charge >= 0.3 is 5.97 Å². The first-order valence-electron chi connectivity index (χ1n) is 13.8. The molecule has 0 aliphatic carbocycles. The van der Waals surface area contributed by atoms with Gasteiger partial charge in [-0.2, -0.15) is 5.10 Å². The van der Waals surface area contributed by atoms with Crippen LogP contribution in [0.25, 0.3) is 0 Å². The van der Waals surface area contributed by atoms with Gasteiger partial charge in [0.05, 0.1) is 45.5 Å². The molecule has 2 heterocycles. The second kappa shape index (κ2) is 14.1. The van der Waals surface area contributed by atoms with Crippen LogP contribution in [0.15, 0.2) is 47.6 Å². The molecule has 0 aromatic heterocycles. The van der Waals surface area contributed by atoms with Gasteiger partial charge in [0.15, 0.2) is 12.0 Å². The summed E-state index contributed by atoms with van der Waals surface area (Å²) in [5.41, 5.74) is 9.19. The van der Waals surface area contributed by atoms with Crippen LogP contribution in [-0.4, -0.2) is 62.1 Å². The van der Waals surface area contributed by atoms with E-state index in [-0.39, 0.29) is 24.1 Å². The number of hydrogen-bond acceptors (Lipinski definition) is 8. The third-order valence-corrected chi connectivity index (χ3v) is 7.00. The molecular weight excluding hydrogens is 482 g/mol. The number of rotatable bonds is 12. The molecule has 2 N–H and O–H groups in total. The summed E-state index contributed by atoms with van der Waals surface area (Å²) in [7, 11) is 0. The fourth-order valence-electron chi connectivity index (χ4n) is 4.69. The van der Waals surface area contributed by atoms with Crippen LogP contribution in [0.1, 0.15) is 72.5 Å². The van der Waals surface area contributed by atoms with Gasteiger partial charge in [0.25, 0.3) is 0 Å². The van der Waals surface area contributed by atoms with E-state index in [1.54, 1.807) is 18.3 Å². The Hall–Kier alpha value is -3.23. The summed E-state index contributed by atoms with van der Waals surface area (Å²) in [6.45, 7) is 5.55. The second-order valence-electron chi connectivity index (χ2n) is 9.97. The molecule has 2 aliphatic heterocycles. The van der Waals surface area contributed by atoms with Gasteiger partial charge in [-0.25, -0.2) is 0 Å². The fraction of sp³-hybridized carbons (Fsp3) is 0.500. The van der Waals surface area contributed by atoms with Crippen molar-refractivity contribution >= 4 is 18.0 Å². The highest BCUT2D eigenvalue weighted by atomic mass is 16.5. The zero-order valence-electron chi connectivity index (χ0n) is 22.3. The zero-order chi connectivity index (χ0) is 26.7. The van der Waals surface area contributed by atoms with Gasteiger partial charge in [0.2, 0.25) is 0 Å². The van der Waals surface area contributed by atoms with Crippen LogP contribution in [-0.2, 0) is 20.7 Å². The maximum absolute atomic E-state index is 13.2. The lowest BCUT2D eigenvalue weighted by Gasteiger charge is -2.30. The number of morpholine rings is 1. The number of benzene rings is 2. The first-order valence-corrected chi connectivity index (χ1v) is 13.8. The van der Waals surface area contributed by atoms with Crippen LogP contribution >= 0.6 is 0 Å². The van der Waals surface area contributed by atoms with Gasteiger partial charge in [-0.15, -0.1) is 0 Å². The molecular formula is C30H39N3O5. The minimum Gasteiger partial charge on any atom is -0.475 e. The van der Waals surface area contributed by atoms with Crippen molar-refractivity contribution in [3.63, 3.8) is 0 Å². The first kappa shape index (κ1) is 27.8. The largest absolute Gasteiger partial charge is 0.475 e. The number of ether oxygens (including phenoxy) is 3. The molecule has 2 atom stereocenters. The fourth-order valence-corrected chi connectivity index (χ4v) is 4.69. The molecule has 2 aromatic rings. The standard InChI is InChI=1S/C30H39N3O5/c1-2-3-4-5-6-15-37-28(34)20-26-19-25-18-24(11-12-27(25)38-30(26)31)29(35)23-9-7-22(8-10-23)21-32-33-13-16-36-17-14-33/h7-12,18,21,26,30H,2-6,13-17,19-20,31H2,1H3. The third-order valence-electron chi connectivity index (χ3n) is 7.00. The average molecular weight is 522 g/mol. The Kier molecular flexibility index (Phi) is 10.3. The monoisotopic (exact) mass is 521 g/mol. The van der Waals surface area contributed by atoms with Crippen LogP contribution < -0.4 is 10.5 Å². The van der Waals surface area contributed by atoms with Gasteiger partial charge in [-0.1, -0.05) is 56.9 Å². The number of hydrogen-bond donors (Lipinski definition) is 1. The van der Waals surface area contributed by atoms with Crippen molar-refractivity contribution in [3.8, 4) is 5.75 Å². The topological polar surface area (TPSA) is 103 Å². The number of fused-ring (bicyclic) bond motifs is 1. The van der Waals surface area contributed by atoms with Crippen molar-refractivity contribution in [2.75, 3.05) is 32.9 Å². The molecule has 0 saturated carbocycles. The van der Waals surface area contributed by atoms with Crippen LogP contribution in [0.3, 0.4) is 0 Å². The Labute approximate surface area is 225 Å². The van der Waals surface area contributed by atoms with Gasteiger partial charge in [-0.05, 0) is 42.2 Å². The van der Waals surface area contributed by atoms with Crippen molar-refractivity contribution in [2.24, 2.45) is 16.8 Å². The number of unbranched alkanes of at least 4 members (excludes halogenated alkanes) is 4. The Morgan fingerprint density at radius 1 is 1.05 bits per heavy atom. The van der Waals surface area contributed by atoms with Crippen LogP contribution in [0.2, 0.25) is 0 Å². The van der Waals surface area contributed by atoms with Crippen LogP contribution in [0, 0.1) is 5.92 Å². The predicted octanol–water partition coefficient (Wildman–Crippen LogP) is 4.32. The maximum atomic E-state index is 13.2. The molecule has 204 valence electrons. The van der Waals surface area contributed by atoms with Gasteiger partial charge in [0.1, 0.15) is 5.75 Å². The lowest BCUT2D eigenvalue weighted by atomic mass is 9.90. The summed E-state index contributed by atoms with van der Waals surface area (Å²) in [4.78, 5) is 25.6. The van der Waals surface area contributed by atoms with Gasteiger partial charge < -0.3 is 14.2 Å². The Morgan fingerprint density at radius 2 is 1.79 bits per heavy atom. The van der Waals surface area contributed by atoms with E-state index in [9.17, 15) is 9.59 Å². The molecule has 8 nitrogen and oxygen atoms in total. The molecule has 2 unspecified atom stereocenters. The number of carbonyl (C=O) groups excluding carboxylic acids is 2. The summed E-state index contributed by atoms with van der Waals surface area (Å²) >= 11 is 0. The lowest BCUT2D eigenvalue weighted by molar-refractivity contribution is -0.145.